The average Bonchev–Trinajstić information content (AvgIpc) is 2.53. The van der Waals surface area contributed by atoms with Crippen LogP contribution in [0, 0.1) is 6.92 Å². The molecule has 12 heavy (non-hydrogen) atoms. The van der Waals surface area contributed by atoms with E-state index in [-0.39, 0.29) is 0 Å². The normalized spacial score (nSPS) is 14.6. The molecular weight excluding hydrogens is 150 g/mol. The van der Waals surface area contributed by atoms with Crippen LogP contribution >= 0.6 is 0 Å². The maximum absolute atomic E-state index is 4.22. The Morgan fingerprint density at radius 3 is 2.92 bits per heavy atom. The third kappa shape index (κ3) is 1.67. The van der Waals surface area contributed by atoms with E-state index in [9.17, 15) is 0 Å². The van der Waals surface area contributed by atoms with Crippen molar-refractivity contribution < 1.29 is 0 Å². The van der Waals surface area contributed by atoms with Gasteiger partial charge in [0.05, 0.1) is 5.69 Å². The number of aryl methyl sites for hydroxylation is 1. The summed E-state index contributed by atoms with van der Waals surface area (Å²) in [4.78, 5) is 4.22. The van der Waals surface area contributed by atoms with Crippen molar-refractivity contribution in [3.8, 4) is 0 Å². The van der Waals surface area contributed by atoms with Gasteiger partial charge in [0, 0.05) is 25.8 Å². The second-order valence-electron chi connectivity index (χ2n) is 2.63. The largest absolute Gasteiger partial charge is 0.330 e. The molecule has 0 fully saturated rings. The highest BCUT2D eigenvalue weighted by Crippen LogP contribution is 2.06. The van der Waals surface area contributed by atoms with Gasteiger partial charge in [0.15, 0.2) is 0 Å². The first-order valence-corrected chi connectivity index (χ1v) is 4.59. The minimum Gasteiger partial charge on any atom is -0.330 e. The lowest BCUT2D eigenvalue weighted by Gasteiger charge is -2.16. The van der Waals surface area contributed by atoms with Crippen molar-refractivity contribution in [1.82, 2.24) is 14.9 Å². The number of fused-ring (bicyclic) bond motifs is 1. The van der Waals surface area contributed by atoms with Crippen molar-refractivity contribution in [3.63, 3.8) is 0 Å². The summed E-state index contributed by atoms with van der Waals surface area (Å²) in [5.41, 5.74) is 1.31. The van der Waals surface area contributed by atoms with Gasteiger partial charge in [-0.2, -0.15) is 0 Å². The van der Waals surface area contributed by atoms with Gasteiger partial charge in [0.25, 0.3) is 0 Å². The van der Waals surface area contributed by atoms with Crippen molar-refractivity contribution in [1.29, 1.82) is 0 Å². The summed E-state index contributed by atoms with van der Waals surface area (Å²) >= 11 is 0. The molecule has 0 spiro atoms. The van der Waals surface area contributed by atoms with Gasteiger partial charge in [-0.05, 0) is 6.92 Å². The molecule has 0 saturated heterocycles. The van der Waals surface area contributed by atoms with Crippen molar-refractivity contribution in [2.24, 2.45) is 0 Å². The van der Waals surface area contributed by atoms with Gasteiger partial charge in [-0.3, -0.25) is 0 Å². The zero-order chi connectivity index (χ0) is 8.97. The molecule has 3 nitrogen and oxygen atoms in total. The number of nitrogens with one attached hydrogen (secondary N) is 1. The van der Waals surface area contributed by atoms with E-state index < -0.39 is 0 Å². The van der Waals surface area contributed by atoms with Crippen molar-refractivity contribution >= 4 is 0 Å². The van der Waals surface area contributed by atoms with Crippen LogP contribution in [0.2, 0.25) is 0 Å². The molecule has 3 heteroatoms. The lowest BCUT2D eigenvalue weighted by molar-refractivity contribution is 0.507. The molecule has 0 aromatic carbocycles. The second kappa shape index (κ2) is 4.26. The fourth-order valence-corrected chi connectivity index (χ4v) is 1.37. The molecular formula is C9H17N3. The molecule has 0 atom stereocenters. The second-order valence-corrected chi connectivity index (χ2v) is 2.63. The van der Waals surface area contributed by atoms with Crippen molar-refractivity contribution in [2.45, 2.75) is 33.9 Å². The molecule has 1 aromatic heterocycles. The molecule has 2 rings (SSSR count). The molecule has 2 heterocycles. The third-order valence-electron chi connectivity index (χ3n) is 1.96. The predicted octanol–water partition coefficient (Wildman–Crippen LogP) is 1.32. The highest BCUT2D eigenvalue weighted by molar-refractivity contribution is 5.05. The first kappa shape index (κ1) is 9.26. The lowest BCUT2D eigenvalue weighted by Crippen LogP contribution is -2.28. The number of hydrogen-bond acceptors (Lipinski definition) is 2. The molecule has 1 aliphatic rings. The summed E-state index contributed by atoms with van der Waals surface area (Å²) in [6.07, 6.45) is 1.95. The Bertz CT molecular complexity index is 240. The maximum Gasteiger partial charge on any atom is 0.105 e. The van der Waals surface area contributed by atoms with Gasteiger partial charge < -0.3 is 9.88 Å². The number of aromatic nitrogens is 2. The summed E-state index contributed by atoms with van der Waals surface area (Å²) < 4.78 is 2.26. The van der Waals surface area contributed by atoms with Crippen LogP contribution in [0.5, 0.6) is 0 Å². The van der Waals surface area contributed by atoms with E-state index in [0.717, 1.165) is 25.5 Å². The molecule has 0 unspecified atom stereocenters. The topological polar surface area (TPSA) is 29.9 Å². The Balaban J connectivity index is 0.000000336. The van der Waals surface area contributed by atoms with E-state index in [0.29, 0.717) is 0 Å². The van der Waals surface area contributed by atoms with Crippen molar-refractivity contribution in [3.05, 3.63) is 17.7 Å². The third-order valence-corrected chi connectivity index (χ3v) is 1.96. The molecule has 68 valence electrons. The standard InChI is InChI=1S/C7H11N3.C2H6/c1-6-9-5-7-4-8-2-3-10(6)7;1-2/h5,8H,2-4H2,1H3;1-2H3. The highest BCUT2D eigenvalue weighted by Gasteiger charge is 2.09. The maximum atomic E-state index is 4.22. The molecule has 1 aliphatic heterocycles. The number of hydrogen-bond donors (Lipinski definition) is 1. The zero-order valence-corrected chi connectivity index (χ0v) is 8.09. The summed E-state index contributed by atoms with van der Waals surface area (Å²) in [5, 5.41) is 3.29. The van der Waals surface area contributed by atoms with E-state index in [1.54, 1.807) is 0 Å². The van der Waals surface area contributed by atoms with E-state index in [2.05, 4.69) is 21.8 Å². The van der Waals surface area contributed by atoms with E-state index in [1.165, 1.54) is 5.69 Å². The Labute approximate surface area is 73.8 Å². The van der Waals surface area contributed by atoms with Crippen LogP contribution in [-0.4, -0.2) is 16.1 Å². The molecule has 0 radical (unpaired) electrons. The number of imidazole rings is 1. The van der Waals surface area contributed by atoms with Crippen LogP contribution in [-0.2, 0) is 13.1 Å². The van der Waals surface area contributed by atoms with Crippen LogP contribution < -0.4 is 5.32 Å². The van der Waals surface area contributed by atoms with Gasteiger partial charge in [-0.15, -0.1) is 0 Å². The van der Waals surface area contributed by atoms with Crippen molar-refractivity contribution in [2.75, 3.05) is 6.54 Å². The van der Waals surface area contributed by atoms with E-state index >= 15 is 0 Å². The zero-order valence-electron chi connectivity index (χ0n) is 8.09. The summed E-state index contributed by atoms with van der Waals surface area (Å²) in [6, 6.07) is 0. The molecule has 0 aliphatic carbocycles. The molecule has 0 bridgehead atoms. The minimum absolute atomic E-state index is 0.973. The van der Waals surface area contributed by atoms with Crippen LogP contribution in [0.1, 0.15) is 25.4 Å². The summed E-state index contributed by atoms with van der Waals surface area (Å²) in [7, 11) is 0. The monoisotopic (exact) mass is 167 g/mol. The van der Waals surface area contributed by atoms with Gasteiger partial charge in [0.1, 0.15) is 5.82 Å². The van der Waals surface area contributed by atoms with Gasteiger partial charge in [-0.25, -0.2) is 4.98 Å². The quantitative estimate of drug-likeness (QED) is 0.631. The summed E-state index contributed by atoms with van der Waals surface area (Å²) in [5.74, 6) is 1.14. The summed E-state index contributed by atoms with van der Waals surface area (Å²) in [6.45, 7) is 9.17. The SMILES string of the molecule is CC.Cc1ncc2n1CCNC2. The smallest absolute Gasteiger partial charge is 0.105 e. The first-order valence-electron chi connectivity index (χ1n) is 4.59. The average molecular weight is 167 g/mol. The van der Waals surface area contributed by atoms with Gasteiger partial charge in [-0.1, -0.05) is 13.8 Å². The fourth-order valence-electron chi connectivity index (χ4n) is 1.37. The lowest BCUT2D eigenvalue weighted by atomic mass is 10.3. The molecule has 1 N–H and O–H groups in total. The fraction of sp³-hybridized carbons (Fsp3) is 0.667. The Morgan fingerprint density at radius 2 is 2.25 bits per heavy atom. The molecule has 1 aromatic rings. The minimum atomic E-state index is 0.973. The van der Waals surface area contributed by atoms with E-state index in [4.69, 9.17) is 0 Å². The Morgan fingerprint density at radius 1 is 1.50 bits per heavy atom. The Kier molecular flexibility index (Phi) is 3.29. The van der Waals surface area contributed by atoms with Gasteiger partial charge in [0.2, 0.25) is 0 Å². The molecule has 0 amide bonds. The predicted molar refractivity (Wildman–Crippen MR) is 50.0 cm³/mol. The van der Waals surface area contributed by atoms with Crippen LogP contribution in [0.25, 0.3) is 0 Å². The van der Waals surface area contributed by atoms with Gasteiger partial charge >= 0.3 is 0 Å². The number of rotatable bonds is 0. The number of nitrogens with zero attached hydrogens (tertiary/aromatic N) is 2. The highest BCUT2D eigenvalue weighted by atomic mass is 15.1. The van der Waals surface area contributed by atoms with E-state index in [1.807, 2.05) is 20.0 Å². The van der Waals surface area contributed by atoms with Crippen LogP contribution in [0.3, 0.4) is 0 Å². The molecule has 0 saturated carbocycles. The van der Waals surface area contributed by atoms with Crippen LogP contribution in [0.4, 0.5) is 0 Å². The first-order chi connectivity index (χ1) is 5.88. The van der Waals surface area contributed by atoms with Crippen LogP contribution in [0.15, 0.2) is 6.20 Å². The Hall–Kier alpha value is -0.830.